The molecule has 0 spiro atoms. The second kappa shape index (κ2) is 7.89. The first-order valence-corrected chi connectivity index (χ1v) is 9.06. The number of anilines is 1. The fourth-order valence-electron chi connectivity index (χ4n) is 3.06. The number of hydrogen-bond donors (Lipinski definition) is 2. The van der Waals surface area contributed by atoms with Gasteiger partial charge in [-0.2, -0.15) is 0 Å². The van der Waals surface area contributed by atoms with Crippen molar-refractivity contribution in [1.82, 2.24) is 10.2 Å². The summed E-state index contributed by atoms with van der Waals surface area (Å²) in [6.45, 7) is 10.4. The molecule has 3 amide bonds. The molecular formula is C20H29N3O3. The Balaban J connectivity index is 1.95. The Bertz CT molecular complexity index is 699. The minimum absolute atomic E-state index is 0.0528. The third-order valence-corrected chi connectivity index (χ3v) is 4.57. The van der Waals surface area contributed by atoms with E-state index in [9.17, 15) is 14.4 Å². The average molecular weight is 359 g/mol. The molecule has 1 aromatic rings. The van der Waals surface area contributed by atoms with Gasteiger partial charge < -0.3 is 15.5 Å². The van der Waals surface area contributed by atoms with E-state index in [1.165, 1.54) is 6.92 Å². The number of benzene rings is 1. The van der Waals surface area contributed by atoms with Crippen LogP contribution in [0.25, 0.3) is 0 Å². The Morgan fingerprint density at radius 1 is 1.12 bits per heavy atom. The molecular weight excluding hydrogens is 330 g/mol. The van der Waals surface area contributed by atoms with Gasteiger partial charge in [-0.05, 0) is 37.5 Å². The Kier molecular flexibility index (Phi) is 6.05. The lowest BCUT2D eigenvalue weighted by Gasteiger charge is -2.36. The number of piperidine rings is 1. The Morgan fingerprint density at radius 3 is 2.27 bits per heavy atom. The lowest BCUT2D eigenvalue weighted by molar-refractivity contribution is -0.140. The van der Waals surface area contributed by atoms with Crippen LogP contribution in [0.3, 0.4) is 0 Å². The molecule has 6 nitrogen and oxygen atoms in total. The van der Waals surface area contributed by atoms with Gasteiger partial charge in [0.05, 0.1) is 0 Å². The predicted octanol–water partition coefficient (Wildman–Crippen LogP) is 2.72. The molecule has 0 saturated carbocycles. The SMILES string of the molecule is CC(=O)Nc1cc(C(=O)NC2CCN(C(=O)C(C)(C)C)CC2)ccc1C. The van der Waals surface area contributed by atoms with Crippen LogP contribution in [-0.4, -0.2) is 41.8 Å². The molecule has 0 radical (unpaired) electrons. The quantitative estimate of drug-likeness (QED) is 0.871. The van der Waals surface area contributed by atoms with Crippen LogP contribution in [0.2, 0.25) is 0 Å². The number of hydrogen-bond acceptors (Lipinski definition) is 3. The molecule has 1 aliphatic rings. The van der Waals surface area contributed by atoms with Crippen LogP contribution in [0, 0.1) is 12.3 Å². The van der Waals surface area contributed by atoms with Crippen LogP contribution in [0.4, 0.5) is 5.69 Å². The van der Waals surface area contributed by atoms with E-state index in [1.54, 1.807) is 12.1 Å². The Morgan fingerprint density at radius 2 is 1.73 bits per heavy atom. The normalized spacial score (nSPS) is 15.5. The van der Waals surface area contributed by atoms with Crippen molar-refractivity contribution < 1.29 is 14.4 Å². The molecule has 1 aliphatic heterocycles. The highest BCUT2D eigenvalue weighted by Gasteiger charge is 2.30. The number of nitrogens with one attached hydrogen (secondary N) is 2. The van der Waals surface area contributed by atoms with Crippen LogP contribution in [0.1, 0.15) is 56.5 Å². The first kappa shape index (κ1) is 19.9. The van der Waals surface area contributed by atoms with Gasteiger partial charge in [-0.15, -0.1) is 0 Å². The van der Waals surface area contributed by atoms with E-state index in [4.69, 9.17) is 0 Å². The highest BCUT2D eigenvalue weighted by atomic mass is 16.2. The van der Waals surface area contributed by atoms with Gasteiger partial charge in [0.2, 0.25) is 11.8 Å². The number of carbonyl (C=O) groups is 3. The zero-order valence-electron chi connectivity index (χ0n) is 16.3. The number of amides is 3. The summed E-state index contributed by atoms with van der Waals surface area (Å²) in [5.41, 5.74) is 1.70. The maximum absolute atomic E-state index is 12.5. The first-order chi connectivity index (χ1) is 12.1. The molecule has 0 bridgehead atoms. The van der Waals surface area contributed by atoms with Crippen molar-refractivity contribution in [3.8, 4) is 0 Å². The zero-order valence-corrected chi connectivity index (χ0v) is 16.3. The van der Waals surface area contributed by atoms with E-state index >= 15 is 0 Å². The minimum Gasteiger partial charge on any atom is -0.349 e. The Labute approximate surface area is 155 Å². The summed E-state index contributed by atoms with van der Waals surface area (Å²) < 4.78 is 0. The monoisotopic (exact) mass is 359 g/mol. The van der Waals surface area contributed by atoms with Gasteiger partial charge in [-0.3, -0.25) is 14.4 Å². The van der Waals surface area contributed by atoms with E-state index in [2.05, 4.69) is 10.6 Å². The minimum atomic E-state index is -0.377. The van der Waals surface area contributed by atoms with Crippen molar-refractivity contribution in [2.45, 2.75) is 53.5 Å². The van der Waals surface area contributed by atoms with E-state index < -0.39 is 0 Å². The topological polar surface area (TPSA) is 78.5 Å². The van der Waals surface area contributed by atoms with Gasteiger partial charge in [0.15, 0.2) is 0 Å². The Hall–Kier alpha value is -2.37. The fourth-order valence-corrected chi connectivity index (χ4v) is 3.06. The molecule has 1 heterocycles. The summed E-state index contributed by atoms with van der Waals surface area (Å²) in [5, 5.41) is 5.78. The van der Waals surface area contributed by atoms with Crippen LogP contribution in [0.5, 0.6) is 0 Å². The van der Waals surface area contributed by atoms with Crippen molar-refractivity contribution >= 4 is 23.4 Å². The third kappa shape index (κ3) is 5.07. The van der Waals surface area contributed by atoms with Crippen molar-refractivity contribution in [3.63, 3.8) is 0 Å². The highest BCUT2D eigenvalue weighted by Crippen LogP contribution is 2.22. The average Bonchev–Trinajstić information content (AvgIpc) is 2.55. The first-order valence-electron chi connectivity index (χ1n) is 9.06. The third-order valence-electron chi connectivity index (χ3n) is 4.57. The van der Waals surface area contributed by atoms with Crippen molar-refractivity contribution in [3.05, 3.63) is 29.3 Å². The summed E-state index contributed by atoms with van der Waals surface area (Å²) in [7, 11) is 0. The number of nitrogens with zero attached hydrogens (tertiary/aromatic N) is 1. The maximum atomic E-state index is 12.5. The lowest BCUT2D eigenvalue weighted by atomic mass is 9.93. The van der Waals surface area contributed by atoms with Gasteiger partial charge >= 0.3 is 0 Å². The van der Waals surface area contributed by atoms with Crippen molar-refractivity contribution in [2.24, 2.45) is 5.41 Å². The molecule has 0 aliphatic carbocycles. The van der Waals surface area contributed by atoms with Crippen molar-refractivity contribution in [2.75, 3.05) is 18.4 Å². The van der Waals surface area contributed by atoms with E-state index in [-0.39, 0.29) is 29.2 Å². The molecule has 2 rings (SSSR count). The van der Waals surface area contributed by atoms with Crippen LogP contribution >= 0.6 is 0 Å². The standard InChI is InChI=1S/C20H29N3O3/c1-13-6-7-15(12-17(13)21-14(2)24)18(25)22-16-8-10-23(11-9-16)19(26)20(3,4)5/h6-7,12,16H,8-11H2,1-5H3,(H,21,24)(H,22,25). The largest absolute Gasteiger partial charge is 0.349 e. The van der Waals surface area contributed by atoms with Crippen LogP contribution in [-0.2, 0) is 9.59 Å². The summed E-state index contributed by atoms with van der Waals surface area (Å²) in [6.07, 6.45) is 1.50. The highest BCUT2D eigenvalue weighted by molar-refractivity contribution is 5.97. The molecule has 1 saturated heterocycles. The van der Waals surface area contributed by atoms with Gasteiger partial charge in [0, 0.05) is 42.7 Å². The van der Waals surface area contributed by atoms with E-state index in [1.807, 2.05) is 38.7 Å². The van der Waals surface area contributed by atoms with Crippen LogP contribution < -0.4 is 10.6 Å². The molecule has 2 N–H and O–H groups in total. The fraction of sp³-hybridized carbons (Fsp3) is 0.550. The molecule has 142 valence electrons. The number of rotatable bonds is 3. The molecule has 1 fully saturated rings. The predicted molar refractivity (Wildman–Crippen MR) is 102 cm³/mol. The van der Waals surface area contributed by atoms with Gasteiger partial charge in [0.1, 0.15) is 0 Å². The smallest absolute Gasteiger partial charge is 0.251 e. The van der Waals surface area contributed by atoms with E-state index in [0.29, 0.717) is 24.3 Å². The molecule has 1 aromatic carbocycles. The summed E-state index contributed by atoms with van der Waals surface area (Å²) >= 11 is 0. The number of likely N-dealkylation sites (tertiary alicyclic amines) is 1. The van der Waals surface area contributed by atoms with Crippen molar-refractivity contribution in [1.29, 1.82) is 0 Å². The zero-order chi connectivity index (χ0) is 19.5. The molecule has 6 heteroatoms. The summed E-state index contributed by atoms with van der Waals surface area (Å²) in [4.78, 5) is 38.0. The number of carbonyl (C=O) groups excluding carboxylic acids is 3. The molecule has 0 atom stereocenters. The maximum Gasteiger partial charge on any atom is 0.251 e. The molecule has 0 unspecified atom stereocenters. The van der Waals surface area contributed by atoms with Gasteiger partial charge in [-0.25, -0.2) is 0 Å². The molecule has 26 heavy (non-hydrogen) atoms. The lowest BCUT2D eigenvalue weighted by Crippen LogP contribution is -2.49. The molecule has 0 aromatic heterocycles. The second-order valence-corrected chi connectivity index (χ2v) is 8.00. The van der Waals surface area contributed by atoms with Gasteiger partial charge in [-0.1, -0.05) is 26.8 Å². The van der Waals surface area contributed by atoms with Gasteiger partial charge in [0.25, 0.3) is 5.91 Å². The number of aryl methyl sites for hydroxylation is 1. The second-order valence-electron chi connectivity index (χ2n) is 8.00. The summed E-state index contributed by atoms with van der Waals surface area (Å²) in [6, 6.07) is 5.33. The van der Waals surface area contributed by atoms with E-state index in [0.717, 1.165) is 18.4 Å². The van der Waals surface area contributed by atoms with Crippen LogP contribution in [0.15, 0.2) is 18.2 Å². The summed E-state index contributed by atoms with van der Waals surface area (Å²) in [5.74, 6) is -0.167.